The van der Waals surface area contributed by atoms with E-state index in [0.717, 1.165) is 19.4 Å². The van der Waals surface area contributed by atoms with Crippen LogP contribution in [-0.4, -0.2) is 172 Å². The van der Waals surface area contributed by atoms with Crippen molar-refractivity contribution in [3.63, 3.8) is 0 Å². The summed E-state index contributed by atoms with van der Waals surface area (Å²) >= 11 is 0. The predicted octanol–water partition coefficient (Wildman–Crippen LogP) is 2.68. The van der Waals surface area contributed by atoms with Crippen molar-refractivity contribution in [3.05, 3.63) is 0 Å². The van der Waals surface area contributed by atoms with Gasteiger partial charge in [-0.3, -0.25) is 4.79 Å². The van der Waals surface area contributed by atoms with Crippen molar-refractivity contribution in [2.75, 3.05) is 166 Å². The smallest absolute Gasteiger partial charge is 0.305 e. The third-order valence-corrected chi connectivity index (χ3v) is 6.44. The number of carbonyl (C=O) groups is 1. The van der Waals surface area contributed by atoms with Gasteiger partial charge in [0.1, 0.15) is 6.61 Å². The third-order valence-electron chi connectivity index (χ3n) is 6.44. The van der Waals surface area contributed by atoms with Crippen LogP contribution in [0.15, 0.2) is 0 Å². The van der Waals surface area contributed by atoms with Crippen LogP contribution in [0.5, 0.6) is 0 Å². The van der Waals surface area contributed by atoms with Gasteiger partial charge in [0.05, 0.1) is 145 Å². The molecular formula is C34H69NO13. The van der Waals surface area contributed by atoms with Gasteiger partial charge in [0.25, 0.3) is 0 Å². The summed E-state index contributed by atoms with van der Waals surface area (Å²) in [6.07, 6.45) is 7.42. The van der Waals surface area contributed by atoms with Crippen LogP contribution < -0.4 is 5.32 Å². The molecule has 48 heavy (non-hydrogen) atoms. The minimum Gasteiger partial charge on any atom is -0.463 e. The molecule has 0 aromatic carbocycles. The summed E-state index contributed by atoms with van der Waals surface area (Å²) in [5.41, 5.74) is 0. The quantitative estimate of drug-likeness (QED) is 0.0737. The largest absolute Gasteiger partial charge is 0.463 e. The molecule has 288 valence electrons. The Kier molecular flexibility index (Phi) is 43.1. The summed E-state index contributed by atoms with van der Waals surface area (Å²) in [6, 6.07) is 0. The standard InChI is InChI=1S/C34H69NO13/c1-3-4-5-6-7-8-9-34(36)48-33-32-47-31-30-46-29-28-45-27-26-44-25-24-43-23-22-42-21-20-41-19-18-40-17-16-39-15-14-38-13-12-37-11-10-35-2/h35H,3-33H2,1-2H3. The maximum absolute atomic E-state index is 11.7. The van der Waals surface area contributed by atoms with Crippen molar-refractivity contribution < 1.29 is 61.6 Å². The molecule has 0 atom stereocenters. The number of carbonyl (C=O) groups excluding carboxylic acids is 1. The Labute approximate surface area is 290 Å². The summed E-state index contributed by atoms with van der Waals surface area (Å²) in [7, 11) is 1.89. The molecular weight excluding hydrogens is 630 g/mol. The molecule has 0 radical (unpaired) electrons. The van der Waals surface area contributed by atoms with Crippen LogP contribution in [0, 0.1) is 0 Å². The maximum atomic E-state index is 11.7. The van der Waals surface area contributed by atoms with E-state index in [0.29, 0.717) is 152 Å². The molecule has 0 aliphatic heterocycles. The van der Waals surface area contributed by atoms with Gasteiger partial charge in [-0.1, -0.05) is 39.0 Å². The van der Waals surface area contributed by atoms with E-state index in [1.165, 1.54) is 25.7 Å². The second-order valence-electron chi connectivity index (χ2n) is 10.6. The van der Waals surface area contributed by atoms with E-state index >= 15 is 0 Å². The Morgan fingerprint density at radius 1 is 0.375 bits per heavy atom. The van der Waals surface area contributed by atoms with Gasteiger partial charge < -0.3 is 62.2 Å². The molecule has 0 saturated heterocycles. The first-order chi connectivity index (χ1) is 23.8. The zero-order valence-electron chi connectivity index (χ0n) is 30.2. The van der Waals surface area contributed by atoms with Gasteiger partial charge >= 0.3 is 5.97 Å². The first-order valence-electron chi connectivity index (χ1n) is 18.0. The molecule has 0 aromatic heterocycles. The van der Waals surface area contributed by atoms with Crippen molar-refractivity contribution in [1.29, 1.82) is 0 Å². The molecule has 0 spiro atoms. The predicted molar refractivity (Wildman–Crippen MR) is 182 cm³/mol. The first kappa shape index (κ1) is 47.0. The Morgan fingerprint density at radius 3 is 0.958 bits per heavy atom. The average molecular weight is 700 g/mol. The summed E-state index contributed by atoms with van der Waals surface area (Å²) in [5, 5.41) is 3.02. The van der Waals surface area contributed by atoms with Crippen LogP contribution in [0.1, 0.15) is 51.9 Å². The highest BCUT2D eigenvalue weighted by molar-refractivity contribution is 5.69. The summed E-state index contributed by atoms with van der Waals surface area (Å²) in [6.45, 7) is 14.7. The molecule has 0 unspecified atom stereocenters. The number of unbranched alkanes of at least 4 members (excludes halogenated alkanes) is 5. The Hall–Kier alpha value is -1.01. The summed E-state index contributed by atoms with van der Waals surface area (Å²) in [4.78, 5) is 11.7. The monoisotopic (exact) mass is 699 g/mol. The number of rotatable bonds is 43. The van der Waals surface area contributed by atoms with E-state index < -0.39 is 0 Å². The van der Waals surface area contributed by atoms with Crippen molar-refractivity contribution in [2.45, 2.75) is 51.9 Å². The van der Waals surface area contributed by atoms with Crippen LogP contribution in [-0.2, 0) is 61.6 Å². The molecule has 0 aliphatic carbocycles. The van der Waals surface area contributed by atoms with Gasteiger partial charge in [0.15, 0.2) is 0 Å². The van der Waals surface area contributed by atoms with Crippen molar-refractivity contribution in [3.8, 4) is 0 Å². The van der Waals surface area contributed by atoms with Crippen LogP contribution >= 0.6 is 0 Å². The number of hydrogen-bond donors (Lipinski definition) is 1. The van der Waals surface area contributed by atoms with Crippen molar-refractivity contribution in [2.24, 2.45) is 0 Å². The highest BCUT2D eigenvalue weighted by Gasteiger charge is 2.02. The van der Waals surface area contributed by atoms with Crippen molar-refractivity contribution >= 4 is 5.97 Å². The van der Waals surface area contributed by atoms with E-state index in [4.69, 9.17) is 56.8 Å². The van der Waals surface area contributed by atoms with Crippen molar-refractivity contribution in [1.82, 2.24) is 5.32 Å². The SMILES string of the molecule is CCCCCCCCC(=O)OCCOCCOCCOCCOCCOCCOCCOCCOCCOCCOCCOCCNC. The lowest BCUT2D eigenvalue weighted by atomic mass is 10.1. The van der Waals surface area contributed by atoms with Gasteiger partial charge in [0, 0.05) is 13.0 Å². The topological polar surface area (TPSA) is 140 Å². The van der Waals surface area contributed by atoms with Crippen LogP contribution in [0.2, 0.25) is 0 Å². The van der Waals surface area contributed by atoms with E-state index in [1.807, 2.05) is 7.05 Å². The highest BCUT2D eigenvalue weighted by Crippen LogP contribution is 2.07. The molecule has 0 fully saturated rings. The lowest BCUT2D eigenvalue weighted by Crippen LogP contribution is -2.17. The van der Waals surface area contributed by atoms with E-state index in [1.54, 1.807) is 0 Å². The normalized spacial score (nSPS) is 11.5. The molecule has 0 heterocycles. The zero-order valence-corrected chi connectivity index (χ0v) is 30.2. The third kappa shape index (κ3) is 43.0. The molecule has 0 aromatic rings. The van der Waals surface area contributed by atoms with Gasteiger partial charge in [-0.25, -0.2) is 0 Å². The van der Waals surface area contributed by atoms with E-state index in [-0.39, 0.29) is 12.6 Å². The molecule has 0 rings (SSSR count). The minimum atomic E-state index is -0.143. The second kappa shape index (κ2) is 44.0. The molecule has 1 N–H and O–H groups in total. The van der Waals surface area contributed by atoms with Crippen LogP contribution in [0.4, 0.5) is 0 Å². The second-order valence-corrected chi connectivity index (χ2v) is 10.6. The van der Waals surface area contributed by atoms with Gasteiger partial charge in [0.2, 0.25) is 0 Å². The van der Waals surface area contributed by atoms with Gasteiger partial charge in [-0.05, 0) is 13.5 Å². The van der Waals surface area contributed by atoms with Gasteiger partial charge in [-0.2, -0.15) is 0 Å². The van der Waals surface area contributed by atoms with E-state index in [2.05, 4.69) is 12.2 Å². The lowest BCUT2D eigenvalue weighted by Gasteiger charge is -2.09. The number of esters is 1. The average Bonchev–Trinajstić information content (AvgIpc) is 3.09. The Morgan fingerprint density at radius 2 is 0.646 bits per heavy atom. The molecule has 14 heteroatoms. The first-order valence-corrected chi connectivity index (χ1v) is 18.0. The highest BCUT2D eigenvalue weighted by atomic mass is 16.6. The van der Waals surface area contributed by atoms with Crippen LogP contribution in [0.3, 0.4) is 0 Å². The Balaban J connectivity index is 3.09. The summed E-state index contributed by atoms with van der Waals surface area (Å²) < 4.78 is 65.1. The fraction of sp³-hybridized carbons (Fsp3) is 0.971. The number of ether oxygens (including phenoxy) is 12. The summed E-state index contributed by atoms with van der Waals surface area (Å²) in [5.74, 6) is -0.143. The van der Waals surface area contributed by atoms with E-state index in [9.17, 15) is 4.79 Å². The zero-order chi connectivity index (χ0) is 34.7. The number of nitrogens with one attached hydrogen (secondary N) is 1. The molecule has 0 aliphatic rings. The minimum absolute atomic E-state index is 0.143. The Bertz CT molecular complexity index is 607. The van der Waals surface area contributed by atoms with Crippen LogP contribution in [0.25, 0.3) is 0 Å². The lowest BCUT2D eigenvalue weighted by molar-refractivity contribution is -0.145. The number of hydrogen-bond acceptors (Lipinski definition) is 14. The fourth-order valence-electron chi connectivity index (χ4n) is 3.81. The number of likely N-dealkylation sites (N-methyl/N-ethyl adjacent to an activating group) is 1. The molecule has 14 nitrogen and oxygen atoms in total. The molecule has 0 bridgehead atoms. The van der Waals surface area contributed by atoms with Gasteiger partial charge in [-0.15, -0.1) is 0 Å². The molecule has 0 amide bonds. The maximum Gasteiger partial charge on any atom is 0.305 e. The molecule has 0 saturated carbocycles. The fourth-order valence-corrected chi connectivity index (χ4v) is 3.81.